The molecule has 0 spiro atoms. The number of esters is 1. The second-order valence-corrected chi connectivity index (χ2v) is 12.0. The van der Waals surface area contributed by atoms with E-state index in [1.54, 1.807) is 36.8 Å². The second kappa shape index (κ2) is 12.7. The lowest BCUT2D eigenvalue weighted by molar-refractivity contribution is -0.139. The summed E-state index contributed by atoms with van der Waals surface area (Å²) >= 11 is 7.78. The number of benzene rings is 3. The molecule has 0 aliphatic carbocycles. The first-order chi connectivity index (χ1) is 21.4. The molecule has 0 saturated heterocycles. The topological polar surface area (TPSA) is 74.8 Å². The monoisotopic (exact) mass is 625 g/mol. The minimum absolute atomic E-state index is 0.193. The van der Waals surface area contributed by atoms with Gasteiger partial charge in [-0.3, -0.25) is 9.36 Å². The van der Waals surface area contributed by atoms with Gasteiger partial charge in [-0.25, -0.2) is 9.79 Å². The molecule has 1 aliphatic rings. The van der Waals surface area contributed by atoms with Gasteiger partial charge in [0.15, 0.2) is 4.80 Å². The number of ether oxygens (including phenoxy) is 2. The highest BCUT2D eigenvalue weighted by molar-refractivity contribution is 7.07. The quantitative estimate of drug-likeness (QED) is 0.182. The van der Waals surface area contributed by atoms with E-state index >= 15 is 0 Å². The fourth-order valence-corrected chi connectivity index (χ4v) is 6.97. The molecule has 7 nitrogen and oxygen atoms in total. The number of allylic oxidation sites excluding steroid dienone is 1. The normalized spacial score (nSPS) is 14.9. The van der Waals surface area contributed by atoms with E-state index in [0.29, 0.717) is 49.9 Å². The van der Waals surface area contributed by atoms with Crippen LogP contribution < -0.4 is 19.6 Å². The zero-order valence-electron chi connectivity index (χ0n) is 24.7. The molecule has 0 saturated carbocycles. The summed E-state index contributed by atoms with van der Waals surface area (Å²) in [6, 6.07) is 22.9. The molecule has 6 rings (SSSR count). The number of methoxy groups -OCH3 is 1. The fraction of sp³-hybridized carbons (Fsp3) is 0.229. The Kier molecular flexibility index (Phi) is 8.55. The van der Waals surface area contributed by atoms with Crippen LogP contribution in [0.4, 0.5) is 0 Å². The van der Waals surface area contributed by atoms with Gasteiger partial charge in [0.1, 0.15) is 11.8 Å². The Morgan fingerprint density at radius 2 is 1.84 bits per heavy atom. The molecule has 3 heterocycles. The SMILES string of the molecule is CCCC1=C(C(=O)OCC)[C@@H](c2cc(Cl)ccc2OC)n2c(s/c(=C/c3cn(Cc4ccccc4)c4ccccc34)c2=O)=N1. The van der Waals surface area contributed by atoms with Crippen LogP contribution >= 0.6 is 22.9 Å². The molecule has 0 unspecified atom stereocenters. The van der Waals surface area contributed by atoms with E-state index in [4.69, 9.17) is 26.1 Å². The van der Waals surface area contributed by atoms with Gasteiger partial charge >= 0.3 is 5.97 Å². The second-order valence-electron chi connectivity index (χ2n) is 10.5. The molecule has 44 heavy (non-hydrogen) atoms. The van der Waals surface area contributed by atoms with Gasteiger partial charge in [-0.05, 0) is 49.2 Å². The van der Waals surface area contributed by atoms with Crippen LogP contribution in [0.2, 0.25) is 5.02 Å². The molecule has 0 N–H and O–H groups in total. The molecule has 0 amide bonds. The van der Waals surface area contributed by atoms with Crippen molar-refractivity contribution in [2.75, 3.05) is 13.7 Å². The predicted octanol–water partition coefficient (Wildman–Crippen LogP) is 6.24. The van der Waals surface area contributed by atoms with Gasteiger partial charge in [0, 0.05) is 39.8 Å². The van der Waals surface area contributed by atoms with Crippen molar-refractivity contribution in [1.82, 2.24) is 9.13 Å². The summed E-state index contributed by atoms with van der Waals surface area (Å²) in [6.07, 6.45) is 5.32. The van der Waals surface area contributed by atoms with Crippen molar-refractivity contribution in [2.45, 2.75) is 39.3 Å². The van der Waals surface area contributed by atoms with Crippen molar-refractivity contribution < 1.29 is 14.3 Å². The average Bonchev–Trinajstić information content (AvgIpc) is 3.53. The number of fused-ring (bicyclic) bond motifs is 2. The maximum absolute atomic E-state index is 14.3. The Balaban J connectivity index is 1.58. The zero-order valence-corrected chi connectivity index (χ0v) is 26.3. The number of nitrogens with zero attached hydrogens (tertiary/aromatic N) is 3. The van der Waals surface area contributed by atoms with Crippen molar-refractivity contribution in [3.05, 3.63) is 132 Å². The molecule has 2 aromatic heterocycles. The van der Waals surface area contributed by atoms with E-state index in [0.717, 1.165) is 22.9 Å². The highest BCUT2D eigenvalue weighted by atomic mass is 35.5. The zero-order chi connectivity index (χ0) is 30.8. The molecular weight excluding hydrogens is 594 g/mol. The van der Waals surface area contributed by atoms with Crippen molar-refractivity contribution in [3.8, 4) is 5.75 Å². The minimum atomic E-state index is -0.818. The number of rotatable bonds is 9. The molecule has 0 bridgehead atoms. The Morgan fingerprint density at radius 1 is 1.07 bits per heavy atom. The van der Waals surface area contributed by atoms with Crippen LogP contribution in [0.25, 0.3) is 17.0 Å². The van der Waals surface area contributed by atoms with Crippen LogP contribution in [0.15, 0.2) is 100 Å². The van der Waals surface area contributed by atoms with E-state index in [1.807, 2.05) is 43.3 Å². The van der Waals surface area contributed by atoms with Crippen LogP contribution in [0.5, 0.6) is 5.75 Å². The first-order valence-electron chi connectivity index (χ1n) is 14.6. The van der Waals surface area contributed by atoms with Gasteiger partial charge in [0.25, 0.3) is 5.56 Å². The number of hydrogen-bond acceptors (Lipinski definition) is 6. The Labute approximate surface area is 264 Å². The van der Waals surface area contributed by atoms with Crippen LogP contribution in [0, 0.1) is 0 Å². The molecule has 9 heteroatoms. The molecule has 1 aliphatic heterocycles. The standard InChI is InChI=1S/C35H32ClN3O4S/c1-4-11-27-31(34(41)43-5-2)32(26-19-24(36)16-17-29(26)42-3)39-33(40)30(44-35(39)37-27)18-23-21-38(20-22-12-7-6-8-13-22)28-15-10-9-14-25(23)28/h6-10,12-19,21,32H,4-5,11,20H2,1-3H3/b30-18+/t32-/m1/s1. The summed E-state index contributed by atoms with van der Waals surface area (Å²) in [7, 11) is 1.56. The first kappa shape index (κ1) is 29.7. The Bertz CT molecular complexity index is 2070. The van der Waals surface area contributed by atoms with E-state index in [2.05, 4.69) is 35.0 Å². The number of para-hydroxylation sites is 1. The lowest BCUT2D eigenvalue weighted by Crippen LogP contribution is -2.40. The van der Waals surface area contributed by atoms with Crippen molar-refractivity contribution >= 4 is 45.9 Å². The van der Waals surface area contributed by atoms with Gasteiger partial charge in [-0.2, -0.15) is 0 Å². The van der Waals surface area contributed by atoms with Gasteiger partial charge < -0.3 is 14.0 Å². The summed E-state index contributed by atoms with van der Waals surface area (Å²) in [5.41, 5.74) is 4.46. The van der Waals surface area contributed by atoms with E-state index in [1.165, 1.54) is 16.9 Å². The highest BCUT2D eigenvalue weighted by Gasteiger charge is 2.36. The van der Waals surface area contributed by atoms with Gasteiger partial charge in [0.05, 0.1) is 29.5 Å². The number of carbonyl (C=O) groups is 1. The lowest BCUT2D eigenvalue weighted by atomic mass is 9.93. The maximum atomic E-state index is 14.3. The van der Waals surface area contributed by atoms with E-state index in [9.17, 15) is 9.59 Å². The summed E-state index contributed by atoms with van der Waals surface area (Å²) in [5.74, 6) is 0.00231. The van der Waals surface area contributed by atoms with Crippen LogP contribution in [0.3, 0.4) is 0 Å². The summed E-state index contributed by atoms with van der Waals surface area (Å²) in [6.45, 7) is 4.68. The summed E-state index contributed by atoms with van der Waals surface area (Å²) in [4.78, 5) is 33.3. The number of thiazole rings is 1. The Morgan fingerprint density at radius 3 is 2.59 bits per heavy atom. The van der Waals surface area contributed by atoms with Crippen molar-refractivity contribution in [1.29, 1.82) is 0 Å². The maximum Gasteiger partial charge on any atom is 0.338 e. The lowest BCUT2D eigenvalue weighted by Gasteiger charge is -2.27. The minimum Gasteiger partial charge on any atom is -0.496 e. The molecule has 5 aromatic rings. The van der Waals surface area contributed by atoms with Crippen molar-refractivity contribution in [2.24, 2.45) is 4.99 Å². The predicted molar refractivity (Wildman–Crippen MR) is 175 cm³/mol. The van der Waals surface area contributed by atoms with Crippen LogP contribution in [-0.4, -0.2) is 28.8 Å². The number of halogens is 1. The molecule has 0 radical (unpaired) electrons. The summed E-state index contributed by atoms with van der Waals surface area (Å²) in [5, 5.41) is 1.51. The van der Waals surface area contributed by atoms with Gasteiger partial charge in [-0.1, -0.05) is 84.8 Å². The summed E-state index contributed by atoms with van der Waals surface area (Å²) < 4.78 is 15.5. The molecular formula is C35H32ClN3O4S. The average molecular weight is 626 g/mol. The molecule has 0 fully saturated rings. The first-order valence-corrected chi connectivity index (χ1v) is 15.8. The third-order valence-electron chi connectivity index (χ3n) is 7.68. The number of aromatic nitrogens is 2. The van der Waals surface area contributed by atoms with E-state index < -0.39 is 12.0 Å². The Hall–Kier alpha value is -4.40. The third-order valence-corrected chi connectivity index (χ3v) is 8.90. The van der Waals surface area contributed by atoms with Crippen LogP contribution in [-0.2, 0) is 16.1 Å². The molecule has 224 valence electrons. The van der Waals surface area contributed by atoms with Crippen molar-refractivity contribution in [3.63, 3.8) is 0 Å². The smallest absolute Gasteiger partial charge is 0.338 e. The largest absolute Gasteiger partial charge is 0.496 e. The number of hydrogen-bond donors (Lipinski definition) is 0. The highest BCUT2D eigenvalue weighted by Crippen LogP contribution is 2.38. The number of carbonyl (C=O) groups excluding carboxylic acids is 1. The van der Waals surface area contributed by atoms with Gasteiger partial charge in [0.2, 0.25) is 0 Å². The fourth-order valence-electron chi connectivity index (χ4n) is 5.78. The van der Waals surface area contributed by atoms with E-state index in [-0.39, 0.29) is 12.2 Å². The molecule has 1 atom stereocenters. The molecule has 3 aromatic carbocycles. The van der Waals surface area contributed by atoms with Gasteiger partial charge in [-0.15, -0.1) is 0 Å². The third kappa shape index (κ3) is 5.51. The van der Waals surface area contributed by atoms with Crippen LogP contribution in [0.1, 0.15) is 49.4 Å².